The average Bonchev–Trinajstić information content (AvgIpc) is 3.39. The van der Waals surface area contributed by atoms with Crippen LogP contribution in [0.1, 0.15) is 24.1 Å². The summed E-state index contributed by atoms with van der Waals surface area (Å²) in [7, 11) is 0. The number of nitrogens with zero attached hydrogens (tertiary/aromatic N) is 4. The lowest BCUT2D eigenvalue weighted by molar-refractivity contribution is 1.05. The van der Waals surface area contributed by atoms with E-state index in [0.29, 0.717) is 0 Å². The molecule has 0 spiro atoms. The third-order valence-corrected chi connectivity index (χ3v) is 7.98. The van der Waals surface area contributed by atoms with Gasteiger partial charge in [0.2, 0.25) is 0 Å². The second-order valence-electron chi connectivity index (χ2n) is 10.4. The minimum Gasteiger partial charge on any atom is -0.309 e. The largest absolute Gasteiger partial charge is 0.309 e. The molecule has 3 aromatic heterocycles. The minimum absolute atomic E-state index is 0.878. The number of pyridine rings is 2. The molecule has 0 aliphatic carbocycles. The van der Waals surface area contributed by atoms with Gasteiger partial charge in [0.05, 0.1) is 33.8 Å². The van der Waals surface area contributed by atoms with Crippen LogP contribution in [0.3, 0.4) is 0 Å². The fourth-order valence-corrected chi connectivity index (χ4v) is 6.03. The SMILES string of the molecule is C1=C(c2ccc(-n3c4ccccc4c4cnccc43)cc2)N=C(c2cccc(-c3cccc4ccccc34)n2)CC1. The van der Waals surface area contributed by atoms with Gasteiger partial charge in [-0.1, -0.05) is 84.9 Å². The van der Waals surface area contributed by atoms with E-state index >= 15 is 0 Å². The van der Waals surface area contributed by atoms with Crippen LogP contribution < -0.4 is 0 Å². The normalized spacial score (nSPS) is 13.5. The smallest absolute Gasteiger partial charge is 0.0852 e. The molecule has 4 aromatic carbocycles. The van der Waals surface area contributed by atoms with Gasteiger partial charge in [-0.2, -0.15) is 0 Å². The Morgan fingerprint density at radius 2 is 1.37 bits per heavy atom. The number of fused-ring (bicyclic) bond motifs is 4. The summed E-state index contributed by atoms with van der Waals surface area (Å²) in [5, 5.41) is 4.81. The van der Waals surface area contributed by atoms with E-state index in [0.717, 1.165) is 63.4 Å². The Labute approximate surface area is 238 Å². The standard InChI is InChI=1S/C37H26N4/c1-2-10-28-25(8-1)9-5-12-29(28)33-14-7-16-35(40-33)34-15-6-13-32(39-34)26-18-20-27(21-19-26)41-36-17-4-3-11-30(36)31-24-38-23-22-37(31)41/h1-5,7-14,16-24H,6,15H2. The van der Waals surface area contributed by atoms with Crippen LogP contribution in [0.2, 0.25) is 0 Å². The highest BCUT2D eigenvalue weighted by Crippen LogP contribution is 2.33. The second kappa shape index (κ2) is 9.68. The van der Waals surface area contributed by atoms with Gasteiger partial charge in [-0.25, -0.2) is 4.98 Å². The molecule has 0 atom stereocenters. The number of benzene rings is 4. The maximum Gasteiger partial charge on any atom is 0.0852 e. The van der Waals surface area contributed by atoms with Crippen LogP contribution in [0.25, 0.3) is 55.2 Å². The molecule has 4 heteroatoms. The number of allylic oxidation sites excluding steroid dienone is 1. The summed E-state index contributed by atoms with van der Waals surface area (Å²) < 4.78 is 2.31. The highest BCUT2D eigenvalue weighted by Gasteiger charge is 2.15. The monoisotopic (exact) mass is 526 g/mol. The molecule has 0 saturated heterocycles. The number of aliphatic imine (C=N–C) groups is 1. The van der Waals surface area contributed by atoms with Crippen LogP contribution in [0.4, 0.5) is 0 Å². The van der Waals surface area contributed by atoms with Crippen LogP contribution in [0.15, 0.2) is 139 Å². The van der Waals surface area contributed by atoms with E-state index in [1.165, 1.54) is 21.7 Å². The quantitative estimate of drug-likeness (QED) is 0.230. The molecule has 1 aliphatic rings. The first-order chi connectivity index (χ1) is 20.3. The molecule has 8 rings (SSSR count). The lowest BCUT2D eigenvalue weighted by Crippen LogP contribution is -2.08. The lowest BCUT2D eigenvalue weighted by Gasteiger charge is -2.15. The van der Waals surface area contributed by atoms with E-state index in [2.05, 4.69) is 131 Å². The summed E-state index contributed by atoms with van der Waals surface area (Å²) in [6.07, 6.45) is 7.87. The van der Waals surface area contributed by atoms with Gasteiger partial charge < -0.3 is 4.57 Å². The molecule has 1 aliphatic heterocycles. The highest BCUT2D eigenvalue weighted by molar-refractivity contribution is 6.09. The van der Waals surface area contributed by atoms with E-state index in [1.807, 2.05) is 12.4 Å². The molecule has 0 saturated carbocycles. The van der Waals surface area contributed by atoms with Gasteiger partial charge >= 0.3 is 0 Å². The Morgan fingerprint density at radius 1 is 0.610 bits per heavy atom. The highest BCUT2D eigenvalue weighted by atomic mass is 15.0. The lowest BCUT2D eigenvalue weighted by atomic mass is 10.0. The van der Waals surface area contributed by atoms with Crippen LogP contribution in [0, 0.1) is 0 Å². The topological polar surface area (TPSA) is 43.1 Å². The van der Waals surface area contributed by atoms with Crippen molar-refractivity contribution in [1.29, 1.82) is 0 Å². The molecule has 0 fully saturated rings. The van der Waals surface area contributed by atoms with Gasteiger partial charge in [-0.05, 0) is 65.6 Å². The van der Waals surface area contributed by atoms with E-state index in [9.17, 15) is 0 Å². The molecule has 4 heterocycles. The first-order valence-electron chi connectivity index (χ1n) is 14.0. The van der Waals surface area contributed by atoms with Crippen molar-refractivity contribution in [2.24, 2.45) is 4.99 Å². The van der Waals surface area contributed by atoms with Crippen molar-refractivity contribution >= 4 is 44.0 Å². The van der Waals surface area contributed by atoms with E-state index < -0.39 is 0 Å². The van der Waals surface area contributed by atoms with Crippen molar-refractivity contribution in [2.45, 2.75) is 12.8 Å². The maximum atomic E-state index is 5.11. The zero-order chi connectivity index (χ0) is 27.2. The zero-order valence-electron chi connectivity index (χ0n) is 22.4. The molecular weight excluding hydrogens is 500 g/mol. The van der Waals surface area contributed by atoms with E-state index in [4.69, 9.17) is 9.98 Å². The number of hydrogen-bond donors (Lipinski definition) is 0. The van der Waals surface area contributed by atoms with Gasteiger partial charge in [-0.3, -0.25) is 9.98 Å². The fourth-order valence-electron chi connectivity index (χ4n) is 6.03. The van der Waals surface area contributed by atoms with Crippen LogP contribution in [0.5, 0.6) is 0 Å². The molecular formula is C37H26N4. The van der Waals surface area contributed by atoms with E-state index in [-0.39, 0.29) is 0 Å². The fraction of sp³-hybridized carbons (Fsp3) is 0.0541. The first-order valence-corrected chi connectivity index (χ1v) is 14.0. The Kier molecular flexibility index (Phi) is 5.56. The van der Waals surface area contributed by atoms with Crippen molar-refractivity contribution in [1.82, 2.24) is 14.5 Å². The van der Waals surface area contributed by atoms with Crippen LogP contribution in [-0.4, -0.2) is 20.2 Å². The average molecular weight is 527 g/mol. The first kappa shape index (κ1) is 23.5. The number of hydrogen-bond acceptors (Lipinski definition) is 3. The summed E-state index contributed by atoms with van der Waals surface area (Å²) in [5.41, 5.74) is 9.66. The number of para-hydroxylation sites is 1. The molecule has 0 unspecified atom stereocenters. The van der Waals surface area contributed by atoms with Crippen LogP contribution in [-0.2, 0) is 0 Å². The van der Waals surface area contributed by atoms with Gasteiger partial charge in [0.1, 0.15) is 0 Å². The van der Waals surface area contributed by atoms with Gasteiger partial charge in [0.15, 0.2) is 0 Å². The van der Waals surface area contributed by atoms with Gasteiger partial charge in [-0.15, -0.1) is 0 Å². The second-order valence-corrected chi connectivity index (χ2v) is 10.4. The molecule has 4 nitrogen and oxygen atoms in total. The summed E-state index contributed by atoms with van der Waals surface area (Å²) in [4.78, 5) is 14.6. The summed E-state index contributed by atoms with van der Waals surface area (Å²) in [6.45, 7) is 0. The van der Waals surface area contributed by atoms with Gasteiger partial charge in [0.25, 0.3) is 0 Å². The number of aromatic nitrogens is 3. The summed E-state index contributed by atoms with van der Waals surface area (Å²) in [6, 6.07) is 40.5. The number of rotatable bonds is 4. The van der Waals surface area contributed by atoms with Crippen molar-refractivity contribution in [2.75, 3.05) is 0 Å². The molecule has 7 aromatic rings. The zero-order valence-corrected chi connectivity index (χ0v) is 22.4. The third kappa shape index (κ3) is 4.04. The summed E-state index contributed by atoms with van der Waals surface area (Å²) in [5.74, 6) is 0. The maximum absolute atomic E-state index is 5.11. The van der Waals surface area contributed by atoms with Gasteiger partial charge in [0, 0.05) is 34.4 Å². The molecule has 194 valence electrons. The van der Waals surface area contributed by atoms with Crippen molar-refractivity contribution < 1.29 is 0 Å². The Bertz CT molecular complexity index is 2090. The van der Waals surface area contributed by atoms with Crippen LogP contribution >= 0.6 is 0 Å². The molecule has 0 bridgehead atoms. The predicted molar refractivity (Wildman–Crippen MR) is 170 cm³/mol. The predicted octanol–water partition coefficient (Wildman–Crippen LogP) is 9.02. The Morgan fingerprint density at radius 3 is 2.29 bits per heavy atom. The molecule has 0 amide bonds. The van der Waals surface area contributed by atoms with Crippen molar-refractivity contribution in [3.05, 3.63) is 145 Å². The van der Waals surface area contributed by atoms with Crippen molar-refractivity contribution in [3.8, 4) is 16.9 Å². The third-order valence-electron chi connectivity index (χ3n) is 7.98. The van der Waals surface area contributed by atoms with E-state index in [1.54, 1.807) is 0 Å². The molecule has 0 radical (unpaired) electrons. The molecule has 41 heavy (non-hydrogen) atoms. The summed E-state index contributed by atoms with van der Waals surface area (Å²) >= 11 is 0. The molecule has 0 N–H and O–H groups in total. The Balaban J connectivity index is 1.14. The minimum atomic E-state index is 0.878. The Hall–Kier alpha value is -5.35. The van der Waals surface area contributed by atoms with Crippen molar-refractivity contribution in [3.63, 3.8) is 0 Å².